The first-order valence-corrected chi connectivity index (χ1v) is 5.77. The van der Waals surface area contributed by atoms with Crippen molar-refractivity contribution in [1.29, 1.82) is 0 Å². The van der Waals surface area contributed by atoms with E-state index in [0.717, 1.165) is 12.1 Å². The van der Waals surface area contributed by atoms with Crippen molar-refractivity contribution in [3.8, 4) is 0 Å². The molecule has 0 aliphatic rings. The van der Waals surface area contributed by atoms with Crippen molar-refractivity contribution >= 4 is 23.1 Å². The molecule has 0 heterocycles. The van der Waals surface area contributed by atoms with E-state index in [1.807, 2.05) is 12.1 Å². The van der Waals surface area contributed by atoms with Crippen molar-refractivity contribution in [1.82, 2.24) is 0 Å². The lowest BCUT2D eigenvalue weighted by molar-refractivity contribution is 0.795. The average molecular weight is 225 g/mol. The van der Waals surface area contributed by atoms with Crippen molar-refractivity contribution in [3.05, 3.63) is 29.8 Å². The number of halogens is 1. The molecule has 0 amide bonds. The minimum atomic E-state index is 0.275. The Morgan fingerprint density at radius 1 is 1.33 bits per heavy atom. The molecule has 1 rings (SSSR count). The van der Waals surface area contributed by atoms with Crippen molar-refractivity contribution in [2.45, 2.75) is 26.2 Å². The summed E-state index contributed by atoms with van der Waals surface area (Å²) in [5.41, 5.74) is 7.76. The molecule has 0 unspecified atom stereocenters. The highest BCUT2D eigenvalue weighted by atomic mass is 35.5. The number of aryl methyl sites for hydroxylation is 1. The number of benzene rings is 1. The maximum atomic E-state index is 5.55. The van der Waals surface area contributed by atoms with Gasteiger partial charge in [-0.2, -0.15) is 0 Å². The SMILES string of the molecule is CCCCc1ccc(N=C(N)CCl)cc1. The van der Waals surface area contributed by atoms with Crippen LogP contribution in [0, 0.1) is 0 Å². The van der Waals surface area contributed by atoms with Gasteiger partial charge in [0.2, 0.25) is 0 Å². The van der Waals surface area contributed by atoms with E-state index in [2.05, 4.69) is 24.0 Å². The third kappa shape index (κ3) is 4.34. The van der Waals surface area contributed by atoms with Crippen LogP contribution in [0.15, 0.2) is 29.3 Å². The normalized spacial score (nSPS) is 11.7. The Hall–Kier alpha value is -1.02. The second-order valence-corrected chi connectivity index (χ2v) is 3.77. The smallest absolute Gasteiger partial charge is 0.115 e. The Labute approximate surface area is 96.2 Å². The summed E-state index contributed by atoms with van der Waals surface area (Å²) in [4.78, 5) is 4.16. The third-order valence-electron chi connectivity index (χ3n) is 2.16. The van der Waals surface area contributed by atoms with Crippen molar-refractivity contribution in [3.63, 3.8) is 0 Å². The first-order valence-electron chi connectivity index (χ1n) is 5.24. The van der Waals surface area contributed by atoms with E-state index < -0.39 is 0 Å². The predicted molar refractivity (Wildman–Crippen MR) is 67.1 cm³/mol. The zero-order valence-corrected chi connectivity index (χ0v) is 9.80. The zero-order chi connectivity index (χ0) is 11.1. The molecule has 2 nitrogen and oxygen atoms in total. The van der Waals surface area contributed by atoms with E-state index in [-0.39, 0.29) is 5.88 Å². The Morgan fingerprint density at radius 3 is 2.53 bits per heavy atom. The van der Waals surface area contributed by atoms with Crippen LogP contribution in [0.1, 0.15) is 25.3 Å². The number of nitrogens with two attached hydrogens (primary N) is 1. The Morgan fingerprint density at radius 2 is 2.00 bits per heavy atom. The minimum absolute atomic E-state index is 0.275. The molecule has 0 saturated heterocycles. The number of amidine groups is 1. The summed E-state index contributed by atoms with van der Waals surface area (Å²) < 4.78 is 0. The Kier molecular flexibility index (Phi) is 5.19. The molecule has 0 aromatic heterocycles. The second-order valence-electron chi connectivity index (χ2n) is 3.51. The summed E-state index contributed by atoms with van der Waals surface area (Å²) in [7, 11) is 0. The van der Waals surface area contributed by atoms with Crippen LogP contribution in [0.3, 0.4) is 0 Å². The molecule has 0 bridgehead atoms. The van der Waals surface area contributed by atoms with E-state index >= 15 is 0 Å². The summed E-state index contributed by atoms with van der Waals surface area (Å²) in [5, 5.41) is 0. The fourth-order valence-electron chi connectivity index (χ4n) is 1.31. The minimum Gasteiger partial charge on any atom is -0.386 e. The molecular formula is C12H17ClN2. The van der Waals surface area contributed by atoms with Crippen LogP contribution in [0.25, 0.3) is 0 Å². The highest BCUT2D eigenvalue weighted by Crippen LogP contribution is 2.14. The van der Waals surface area contributed by atoms with Crippen molar-refractivity contribution in [2.24, 2.45) is 10.7 Å². The molecule has 1 aromatic rings. The molecule has 2 N–H and O–H groups in total. The van der Waals surface area contributed by atoms with Crippen molar-refractivity contribution in [2.75, 3.05) is 5.88 Å². The first-order chi connectivity index (χ1) is 7.26. The number of rotatable bonds is 5. The molecule has 1 aromatic carbocycles. The second kappa shape index (κ2) is 6.46. The highest BCUT2D eigenvalue weighted by Gasteiger charge is 1.94. The molecular weight excluding hydrogens is 208 g/mol. The van der Waals surface area contributed by atoms with Crippen LogP contribution >= 0.6 is 11.6 Å². The van der Waals surface area contributed by atoms with Crippen LogP contribution in [-0.4, -0.2) is 11.7 Å². The van der Waals surface area contributed by atoms with Gasteiger partial charge in [-0.1, -0.05) is 25.5 Å². The van der Waals surface area contributed by atoms with Crippen LogP contribution < -0.4 is 5.73 Å². The first kappa shape index (κ1) is 12.1. The van der Waals surface area contributed by atoms with Crippen LogP contribution in [0.2, 0.25) is 0 Å². The van der Waals surface area contributed by atoms with Gasteiger partial charge in [-0.15, -0.1) is 11.6 Å². The van der Waals surface area contributed by atoms with E-state index in [1.165, 1.54) is 18.4 Å². The van der Waals surface area contributed by atoms with Crippen LogP contribution in [0.5, 0.6) is 0 Å². The highest BCUT2D eigenvalue weighted by molar-refractivity contribution is 6.28. The molecule has 0 atom stereocenters. The van der Waals surface area contributed by atoms with Crippen molar-refractivity contribution < 1.29 is 0 Å². The van der Waals surface area contributed by atoms with E-state index in [0.29, 0.717) is 5.84 Å². The molecule has 3 heteroatoms. The monoisotopic (exact) mass is 224 g/mol. The molecule has 0 fully saturated rings. The largest absolute Gasteiger partial charge is 0.386 e. The molecule has 0 spiro atoms. The number of alkyl halides is 1. The molecule has 0 aliphatic carbocycles. The number of nitrogens with zero attached hydrogens (tertiary/aromatic N) is 1. The van der Waals surface area contributed by atoms with Gasteiger partial charge in [0.15, 0.2) is 0 Å². The fraction of sp³-hybridized carbons (Fsp3) is 0.417. The molecule has 0 saturated carbocycles. The number of hydrogen-bond donors (Lipinski definition) is 1. The van der Waals surface area contributed by atoms with Crippen LogP contribution in [0.4, 0.5) is 5.69 Å². The predicted octanol–water partition coefficient (Wildman–Crippen LogP) is 3.26. The topological polar surface area (TPSA) is 38.4 Å². The van der Waals surface area contributed by atoms with Gasteiger partial charge < -0.3 is 5.73 Å². The lowest BCUT2D eigenvalue weighted by Gasteiger charge is -2.00. The summed E-state index contributed by atoms with van der Waals surface area (Å²) >= 11 is 5.55. The molecule has 0 aliphatic heterocycles. The van der Waals surface area contributed by atoms with E-state index in [4.69, 9.17) is 17.3 Å². The van der Waals surface area contributed by atoms with Gasteiger partial charge in [-0.25, -0.2) is 4.99 Å². The van der Waals surface area contributed by atoms with Gasteiger partial charge in [0.1, 0.15) is 5.84 Å². The van der Waals surface area contributed by atoms with Gasteiger partial charge in [-0.3, -0.25) is 0 Å². The van der Waals surface area contributed by atoms with Gasteiger partial charge in [0, 0.05) is 0 Å². The zero-order valence-electron chi connectivity index (χ0n) is 9.04. The quantitative estimate of drug-likeness (QED) is 0.465. The summed E-state index contributed by atoms with van der Waals surface area (Å²) in [6, 6.07) is 8.14. The Bertz CT molecular complexity index is 317. The van der Waals surface area contributed by atoms with E-state index in [1.54, 1.807) is 0 Å². The number of hydrogen-bond acceptors (Lipinski definition) is 1. The fourth-order valence-corrected chi connectivity index (χ4v) is 1.37. The number of unbranched alkanes of at least 4 members (excludes halogenated alkanes) is 1. The number of aliphatic imine (C=N–C) groups is 1. The third-order valence-corrected chi connectivity index (χ3v) is 2.44. The lowest BCUT2D eigenvalue weighted by atomic mass is 10.1. The summed E-state index contributed by atoms with van der Waals surface area (Å²) in [5.74, 6) is 0.732. The van der Waals surface area contributed by atoms with Gasteiger partial charge in [0.25, 0.3) is 0 Å². The molecule has 0 radical (unpaired) electrons. The molecule has 82 valence electrons. The Balaban J connectivity index is 2.64. The van der Waals surface area contributed by atoms with Crippen LogP contribution in [-0.2, 0) is 6.42 Å². The maximum Gasteiger partial charge on any atom is 0.115 e. The van der Waals surface area contributed by atoms with E-state index in [9.17, 15) is 0 Å². The summed E-state index contributed by atoms with van der Waals surface area (Å²) in [6.45, 7) is 2.19. The average Bonchev–Trinajstić information content (AvgIpc) is 2.28. The molecule has 15 heavy (non-hydrogen) atoms. The van der Waals surface area contributed by atoms with Gasteiger partial charge in [-0.05, 0) is 30.5 Å². The van der Waals surface area contributed by atoms with Gasteiger partial charge >= 0.3 is 0 Å². The maximum absolute atomic E-state index is 5.55. The van der Waals surface area contributed by atoms with Gasteiger partial charge in [0.05, 0.1) is 11.6 Å². The summed E-state index contributed by atoms with van der Waals surface area (Å²) in [6.07, 6.45) is 3.58. The lowest BCUT2D eigenvalue weighted by Crippen LogP contribution is -2.12. The standard InChI is InChI=1S/C12H17ClN2/c1-2-3-4-10-5-7-11(8-6-10)15-12(14)9-13/h5-8H,2-4,9H2,1H3,(H2,14,15).